The third-order valence-electron chi connectivity index (χ3n) is 5.03. The highest BCUT2D eigenvalue weighted by Gasteiger charge is 2.16. The van der Waals surface area contributed by atoms with Crippen LogP contribution in [0.1, 0.15) is 48.4 Å². The average Bonchev–Trinajstić information content (AvgIpc) is 2.65. The SMILES string of the molecule is Cc1cccc(CCCNC(=O)[C@@H](C)Oc2ccc3c(c2)CCCC3)c1. The Kier molecular flexibility index (Phi) is 6.32. The Hall–Kier alpha value is -2.29. The van der Waals surface area contributed by atoms with E-state index in [9.17, 15) is 4.79 Å². The molecule has 0 heterocycles. The van der Waals surface area contributed by atoms with Gasteiger partial charge in [0.05, 0.1) is 0 Å². The smallest absolute Gasteiger partial charge is 0.260 e. The zero-order valence-corrected chi connectivity index (χ0v) is 15.9. The van der Waals surface area contributed by atoms with Gasteiger partial charge >= 0.3 is 0 Å². The molecule has 1 amide bonds. The van der Waals surface area contributed by atoms with Crippen LogP contribution in [0, 0.1) is 6.92 Å². The third kappa shape index (κ3) is 5.10. The fraction of sp³-hybridized carbons (Fsp3) is 0.435. The highest BCUT2D eigenvalue weighted by atomic mass is 16.5. The van der Waals surface area contributed by atoms with E-state index in [1.165, 1.54) is 35.1 Å². The molecular formula is C23H29NO2. The molecule has 1 atom stereocenters. The van der Waals surface area contributed by atoms with Crippen molar-refractivity contribution >= 4 is 5.91 Å². The standard InChI is InChI=1S/C23H29NO2/c1-17-7-5-8-19(15-17)9-6-14-24-23(25)18(2)26-22-13-12-20-10-3-4-11-21(20)16-22/h5,7-8,12-13,15-16,18H,3-4,6,9-11,14H2,1-2H3,(H,24,25)/t18-/m1/s1. The van der Waals surface area contributed by atoms with Gasteiger partial charge in [0.2, 0.25) is 0 Å². The lowest BCUT2D eigenvalue weighted by molar-refractivity contribution is -0.127. The van der Waals surface area contributed by atoms with E-state index in [0.717, 1.165) is 31.4 Å². The van der Waals surface area contributed by atoms with Gasteiger partial charge in [-0.15, -0.1) is 0 Å². The first-order valence-corrected chi connectivity index (χ1v) is 9.73. The van der Waals surface area contributed by atoms with Gasteiger partial charge in [0.15, 0.2) is 6.10 Å². The second kappa shape index (κ2) is 8.88. The van der Waals surface area contributed by atoms with Crippen molar-refractivity contribution < 1.29 is 9.53 Å². The lowest BCUT2D eigenvalue weighted by Crippen LogP contribution is -2.37. The zero-order chi connectivity index (χ0) is 18.4. The van der Waals surface area contributed by atoms with Gasteiger partial charge in [0.25, 0.3) is 5.91 Å². The first kappa shape index (κ1) is 18.5. The largest absolute Gasteiger partial charge is 0.481 e. The molecule has 138 valence electrons. The van der Waals surface area contributed by atoms with Crippen molar-refractivity contribution in [2.24, 2.45) is 0 Å². The second-order valence-corrected chi connectivity index (χ2v) is 7.28. The summed E-state index contributed by atoms with van der Waals surface area (Å²) in [5.41, 5.74) is 5.40. The van der Waals surface area contributed by atoms with Crippen LogP contribution in [-0.2, 0) is 24.1 Å². The Labute approximate surface area is 156 Å². The molecule has 3 nitrogen and oxygen atoms in total. The molecule has 0 aromatic heterocycles. The number of aryl methyl sites for hydroxylation is 4. The molecule has 1 aliphatic carbocycles. The highest BCUT2D eigenvalue weighted by Crippen LogP contribution is 2.25. The number of hydrogen-bond donors (Lipinski definition) is 1. The number of carbonyl (C=O) groups is 1. The van der Waals surface area contributed by atoms with Crippen LogP contribution >= 0.6 is 0 Å². The van der Waals surface area contributed by atoms with E-state index in [1.54, 1.807) is 0 Å². The quantitative estimate of drug-likeness (QED) is 0.751. The van der Waals surface area contributed by atoms with Crippen molar-refractivity contribution in [1.29, 1.82) is 0 Å². The van der Waals surface area contributed by atoms with E-state index in [4.69, 9.17) is 4.74 Å². The molecule has 0 aliphatic heterocycles. The van der Waals surface area contributed by atoms with Gasteiger partial charge in [0, 0.05) is 6.54 Å². The summed E-state index contributed by atoms with van der Waals surface area (Å²) in [4.78, 5) is 12.3. The van der Waals surface area contributed by atoms with Crippen molar-refractivity contribution in [3.63, 3.8) is 0 Å². The van der Waals surface area contributed by atoms with Crippen LogP contribution in [0.15, 0.2) is 42.5 Å². The lowest BCUT2D eigenvalue weighted by Gasteiger charge is -2.19. The summed E-state index contributed by atoms with van der Waals surface area (Å²) >= 11 is 0. The van der Waals surface area contributed by atoms with Gasteiger partial charge in [-0.25, -0.2) is 0 Å². The first-order valence-electron chi connectivity index (χ1n) is 9.73. The summed E-state index contributed by atoms with van der Waals surface area (Å²) in [5, 5.41) is 2.99. The minimum absolute atomic E-state index is 0.0491. The lowest BCUT2D eigenvalue weighted by atomic mass is 9.92. The normalized spacial score (nSPS) is 14.4. The van der Waals surface area contributed by atoms with E-state index in [-0.39, 0.29) is 5.91 Å². The number of rotatable bonds is 7. The maximum Gasteiger partial charge on any atom is 0.260 e. The van der Waals surface area contributed by atoms with E-state index < -0.39 is 6.10 Å². The summed E-state index contributed by atoms with van der Waals surface area (Å²) in [6.45, 7) is 4.59. The van der Waals surface area contributed by atoms with Gasteiger partial charge < -0.3 is 10.1 Å². The predicted octanol–water partition coefficient (Wildman–Crippen LogP) is 4.39. The Morgan fingerprint density at radius 3 is 2.73 bits per heavy atom. The van der Waals surface area contributed by atoms with Gasteiger partial charge in [0.1, 0.15) is 5.75 Å². The monoisotopic (exact) mass is 351 g/mol. The molecule has 1 aliphatic rings. The molecule has 0 radical (unpaired) electrons. The Bertz CT molecular complexity index is 754. The van der Waals surface area contributed by atoms with Gasteiger partial charge in [-0.3, -0.25) is 4.79 Å². The Morgan fingerprint density at radius 1 is 1.12 bits per heavy atom. The molecule has 2 aromatic rings. The third-order valence-corrected chi connectivity index (χ3v) is 5.03. The molecule has 0 saturated heterocycles. The summed E-state index contributed by atoms with van der Waals surface area (Å²) in [7, 11) is 0. The number of benzene rings is 2. The van der Waals surface area contributed by atoms with Crippen LogP contribution in [-0.4, -0.2) is 18.6 Å². The minimum atomic E-state index is -0.476. The Morgan fingerprint density at radius 2 is 1.92 bits per heavy atom. The fourth-order valence-electron chi connectivity index (χ4n) is 3.56. The number of amides is 1. The molecule has 1 N–H and O–H groups in total. The van der Waals surface area contributed by atoms with Crippen molar-refractivity contribution in [1.82, 2.24) is 5.32 Å². The van der Waals surface area contributed by atoms with Crippen molar-refractivity contribution in [3.8, 4) is 5.75 Å². The van der Waals surface area contributed by atoms with Crippen LogP contribution in [0.4, 0.5) is 0 Å². The molecule has 0 fully saturated rings. The number of ether oxygens (including phenoxy) is 1. The second-order valence-electron chi connectivity index (χ2n) is 7.28. The van der Waals surface area contributed by atoms with E-state index in [0.29, 0.717) is 6.54 Å². The molecule has 3 rings (SSSR count). The molecule has 26 heavy (non-hydrogen) atoms. The topological polar surface area (TPSA) is 38.3 Å². The van der Waals surface area contributed by atoms with Crippen LogP contribution in [0.5, 0.6) is 5.75 Å². The van der Waals surface area contributed by atoms with Gasteiger partial charge in [-0.1, -0.05) is 35.9 Å². The number of fused-ring (bicyclic) bond motifs is 1. The summed E-state index contributed by atoms with van der Waals surface area (Å²) in [5.74, 6) is 0.750. The van der Waals surface area contributed by atoms with Crippen molar-refractivity contribution in [2.75, 3.05) is 6.54 Å². The number of hydrogen-bond acceptors (Lipinski definition) is 2. The molecule has 3 heteroatoms. The summed E-state index contributed by atoms with van der Waals surface area (Å²) < 4.78 is 5.86. The van der Waals surface area contributed by atoms with Crippen LogP contribution in [0.2, 0.25) is 0 Å². The average molecular weight is 351 g/mol. The van der Waals surface area contributed by atoms with E-state index >= 15 is 0 Å². The van der Waals surface area contributed by atoms with Crippen molar-refractivity contribution in [2.45, 2.75) is 58.5 Å². The van der Waals surface area contributed by atoms with E-state index in [1.807, 2.05) is 13.0 Å². The van der Waals surface area contributed by atoms with Gasteiger partial charge in [-0.2, -0.15) is 0 Å². The molecule has 2 aromatic carbocycles. The Balaban J connectivity index is 1.43. The molecular weight excluding hydrogens is 322 g/mol. The number of carbonyl (C=O) groups excluding carboxylic acids is 1. The first-order chi connectivity index (χ1) is 12.6. The predicted molar refractivity (Wildman–Crippen MR) is 106 cm³/mol. The van der Waals surface area contributed by atoms with Crippen molar-refractivity contribution in [3.05, 3.63) is 64.7 Å². The molecule has 0 spiro atoms. The maximum absolute atomic E-state index is 12.3. The molecule has 0 unspecified atom stereocenters. The fourth-order valence-corrected chi connectivity index (χ4v) is 3.56. The van der Waals surface area contributed by atoms with Gasteiger partial charge in [-0.05, 0) is 81.2 Å². The maximum atomic E-state index is 12.3. The number of nitrogens with one attached hydrogen (secondary N) is 1. The minimum Gasteiger partial charge on any atom is -0.481 e. The van der Waals surface area contributed by atoms with Crippen LogP contribution in [0.3, 0.4) is 0 Å². The molecule has 0 bridgehead atoms. The van der Waals surface area contributed by atoms with Crippen LogP contribution in [0.25, 0.3) is 0 Å². The van der Waals surface area contributed by atoms with E-state index in [2.05, 4.69) is 48.6 Å². The zero-order valence-electron chi connectivity index (χ0n) is 15.9. The van der Waals surface area contributed by atoms with Crippen LogP contribution < -0.4 is 10.1 Å². The summed E-state index contributed by atoms with van der Waals surface area (Å²) in [6, 6.07) is 14.8. The highest BCUT2D eigenvalue weighted by molar-refractivity contribution is 5.80. The molecule has 0 saturated carbocycles. The summed E-state index contributed by atoms with van der Waals surface area (Å²) in [6.07, 6.45) is 6.22.